The predicted octanol–water partition coefficient (Wildman–Crippen LogP) is 0.453. The fourth-order valence-corrected chi connectivity index (χ4v) is 4.48. The van der Waals surface area contributed by atoms with E-state index < -0.39 is 66.2 Å². The number of nitrogens with two attached hydrogens (primary N) is 1. The lowest BCUT2D eigenvalue weighted by molar-refractivity contribution is -0.143. The summed E-state index contributed by atoms with van der Waals surface area (Å²) in [6, 6.07) is 2.50. The Balaban J connectivity index is 1.84. The van der Waals surface area contributed by atoms with Crippen LogP contribution in [0.2, 0.25) is 0 Å². The van der Waals surface area contributed by atoms with Crippen molar-refractivity contribution >= 4 is 40.6 Å². The first kappa shape index (κ1) is 31.8. The van der Waals surface area contributed by atoms with E-state index in [2.05, 4.69) is 30.9 Å². The van der Waals surface area contributed by atoms with Gasteiger partial charge in [0.05, 0.1) is 12.4 Å². The van der Waals surface area contributed by atoms with Gasteiger partial charge in [0.2, 0.25) is 17.7 Å². The SMILES string of the molecule is CCC(C)C(NC(=O)C(Cc1c[nH]c2ccccc12)NC(=O)C(CCC(=O)O)NC(=O)C(N)Cc1cnc[nH]1)C(=O)O. The van der Waals surface area contributed by atoms with Crippen molar-refractivity contribution in [3.63, 3.8) is 0 Å². The van der Waals surface area contributed by atoms with Crippen molar-refractivity contribution in [3.8, 4) is 0 Å². The summed E-state index contributed by atoms with van der Waals surface area (Å²) in [4.78, 5) is 72.8. The zero-order chi connectivity index (χ0) is 30.8. The summed E-state index contributed by atoms with van der Waals surface area (Å²) in [7, 11) is 0. The van der Waals surface area contributed by atoms with Crippen molar-refractivity contribution in [1.82, 2.24) is 30.9 Å². The second-order valence-electron chi connectivity index (χ2n) is 10.2. The van der Waals surface area contributed by atoms with E-state index >= 15 is 0 Å². The van der Waals surface area contributed by atoms with Gasteiger partial charge in [-0.15, -0.1) is 0 Å². The predicted molar refractivity (Wildman–Crippen MR) is 152 cm³/mol. The average Bonchev–Trinajstić information content (AvgIpc) is 3.62. The third kappa shape index (κ3) is 8.64. The number of aromatic nitrogens is 3. The van der Waals surface area contributed by atoms with Gasteiger partial charge in [-0.2, -0.15) is 0 Å². The normalized spacial score (nSPS) is 14.7. The first-order valence-electron chi connectivity index (χ1n) is 13.6. The molecule has 1 aromatic carbocycles. The Morgan fingerprint density at radius 2 is 1.64 bits per heavy atom. The number of nitrogens with one attached hydrogen (secondary N) is 5. The summed E-state index contributed by atoms with van der Waals surface area (Å²) in [6.07, 6.45) is 4.48. The summed E-state index contributed by atoms with van der Waals surface area (Å²) in [5, 5.41) is 27.4. The Morgan fingerprint density at radius 3 is 2.29 bits per heavy atom. The molecule has 0 aliphatic heterocycles. The minimum absolute atomic E-state index is 0.00658. The molecule has 3 amide bonds. The maximum Gasteiger partial charge on any atom is 0.326 e. The maximum atomic E-state index is 13.5. The summed E-state index contributed by atoms with van der Waals surface area (Å²) in [5.41, 5.74) is 8.08. The maximum absolute atomic E-state index is 13.5. The summed E-state index contributed by atoms with van der Waals surface area (Å²) >= 11 is 0. The van der Waals surface area contributed by atoms with Crippen LogP contribution in [0.4, 0.5) is 0 Å². The highest BCUT2D eigenvalue weighted by molar-refractivity contribution is 5.95. The highest BCUT2D eigenvalue weighted by atomic mass is 16.4. The molecule has 0 saturated carbocycles. The first-order valence-corrected chi connectivity index (χ1v) is 13.6. The monoisotopic (exact) mass is 583 g/mol. The fraction of sp³-hybridized carbons (Fsp3) is 0.429. The number of hydrogen-bond donors (Lipinski definition) is 8. The largest absolute Gasteiger partial charge is 0.481 e. The molecule has 14 nitrogen and oxygen atoms in total. The van der Waals surface area contributed by atoms with Gasteiger partial charge in [0.25, 0.3) is 0 Å². The Kier molecular flexibility index (Phi) is 11.2. The van der Waals surface area contributed by atoms with Gasteiger partial charge >= 0.3 is 11.9 Å². The van der Waals surface area contributed by atoms with Gasteiger partial charge in [-0.1, -0.05) is 38.5 Å². The summed E-state index contributed by atoms with van der Waals surface area (Å²) in [5.74, 6) is -5.04. The highest BCUT2D eigenvalue weighted by Gasteiger charge is 2.32. The van der Waals surface area contributed by atoms with E-state index in [9.17, 15) is 34.2 Å². The van der Waals surface area contributed by atoms with E-state index in [-0.39, 0.29) is 19.3 Å². The van der Waals surface area contributed by atoms with Gasteiger partial charge in [-0.25, -0.2) is 9.78 Å². The molecule has 5 atom stereocenters. The number of aliphatic carboxylic acids is 2. The Bertz CT molecular complexity index is 1390. The van der Waals surface area contributed by atoms with Crippen LogP contribution in [0, 0.1) is 5.92 Å². The number of para-hydroxylation sites is 1. The lowest BCUT2D eigenvalue weighted by Crippen LogP contribution is -2.58. The van der Waals surface area contributed by atoms with Crippen LogP contribution in [0.15, 0.2) is 43.0 Å². The third-order valence-corrected chi connectivity index (χ3v) is 7.12. The van der Waals surface area contributed by atoms with Crippen molar-refractivity contribution in [2.45, 2.75) is 70.1 Å². The number of nitrogens with zero attached hydrogens (tertiary/aromatic N) is 1. The second-order valence-corrected chi connectivity index (χ2v) is 10.2. The van der Waals surface area contributed by atoms with Crippen molar-refractivity contribution in [2.75, 3.05) is 0 Å². The molecule has 226 valence electrons. The zero-order valence-electron chi connectivity index (χ0n) is 23.4. The molecule has 2 aromatic heterocycles. The number of hydrogen-bond acceptors (Lipinski definition) is 7. The number of benzene rings is 1. The first-order chi connectivity index (χ1) is 20.0. The van der Waals surface area contributed by atoms with Gasteiger partial charge in [-0.3, -0.25) is 19.2 Å². The van der Waals surface area contributed by atoms with Crippen LogP contribution in [0.1, 0.15) is 44.4 Å². The number of carboxylic acids is 2. The van der Waals surface area contributed by atoms with Crippen LogP contribution in [0.25, 0.3) is 10.9 Å². The number of H-pyrrole nitrogens is 2. The van der Waals surface area contributed by atoms with E-state index in [0.29, 0.717) is 17.7 Å². The molecule has 0 radical (unpaired) electrons. The Hall–Kier alpha value is -4.72. The van der Waals surface area contributed by atoms with E-state index in [1.807, 2.05) is 24.3 Å². The average molecular weight is 584 g/mol. The van der Waals surface area contributed by atoms with Gasteiger partial charge in [0.1, 0.15) is 18.1 Å². The molecular weight excluding hydrogens is 546 g/mol. The topological polar surface area (TPSA) is 232 Å². The van der Waals surface area contributed by atoms with Crippen LogP contribution in [-0.2, 0) is 36.8 Å². The molecule has 9 N–H and O–H groups in total. The van der Waals surface area contributed by atoms with E-state index in [0.717, 1.165) is 10.9 Å². The second kappa shape index (κ2) is 14.8. The quantitative estimate of drug-likeness (QED) is 0.117. The smallest absolute Gasteiger partial charge is 0.326 e. The van der Waals surface area contributed by atoms with Gasteiger partial charge in [-0.05, 0) is 24.0 Å². The number of amides is 3. The van der Waals surface area contributed by atoms with Crippen LogP contribution >= 0.6 is 0 Å². The molecule has 3 aromatic rings. The Labute approximate surface area is 241 Å². The number of carboxylic acid groups (broad SMARTS) is 2. The van der Waals surface area contributed by atoms with Crippen molar-refractivity contribution in [3.05, 3.63) is 54.2 Å². The molecular formula is C28H37N7O7. The van der Waals surface area contributed by atoms with Crippen LogP contribution in [-0.4, -0.2) is 79.0 Å². The molecule has 0 aliphatic rings. The summed E-state index contributed by atoms with van der Waals surface area (Å²) < 4.78 is 0. The summed E-state index contributed by atoms with van der Waals surface area (Å²) in [6.45, 7) is 3.49. The van der Waals surface area contributed by atoms with Crippen molar-refractivity contribution in [1.29, 1.82) is 0 Å². The van der Waals surface area contributed by atoms with Gasteiger partial charge < -0.3 is 41.9 Å². The number of aromatic amines is 2. The van der Waals surface area contributed by atoms with Crippen molar-refractivity contribution < 1.29 is 34.2 Å². The molecule has 0 bridgehead atoms. The molecule has 0 saturated heterocycles. The third-order valence-electron chi connectivity index (χ3n) is 7.12. The number of rotatable bonds is 16. The number of carbonyl (C=O) groups excluding carboxylic acids is 3. The lowest BCUT2D eigenvalue weighted by Gasteiger charge is -2.26. The fourth-order valence-electron chi connectivity index (χ4n) is 4.48. The lowest BCUT2D eigenvalue weighted by atomic mass is 9.97. The van der Waals surface area contributed by atoms with E-state index in [1.54, 1.807) is 20.0 Å². The standard InChI is InChI=1S/C28H37N7O7/c1-3-15(2)24(28(41)42)35-27(40)22(10-16-12-31-20-7-5-4-6-18(16)20)34-26(39)21(8-9-23(36)37)33-25(38)19(29)11-17-13-30-14-32-17/h4-7,12-15,19,21-22,24,31H,3,8-11,29H2,1-2H3,(H,30,32)(H,33,38)(H,34,39)(H,35,40)(H,36,37)(H,41,42). The minimum atomic E-state index is -1.33. The molecule has 0 spiro atoms. The molecule has 42 heavy (non-hydrogen) atoms. The number of imidazole rings is 1. The molecule has 3 rings (SSSR count). The zero-order valence-corrected chi connectivity index (χ0v) is 23.4. The van der Waals surface area contributed by atoms with Crippen LogP contribution in [0.3, 0.4) is 0 Å². The van der Waals surface area contributed by atoms with E-state index in [1.165, 1.54) is 12.5 Å². The molecule has 0 fully saturated rings. The Morgan fingerprint density at radius 1 is 0.952 bits per heavy atom. The molecule has 0 aliphatic carbocycles. The molecule has 2 heterocycles. The van der Waals surface area contributed by atoms with Crippen molar-refractivity contribution in [2.24, 2.45) is 11.7 Å². The van der Waals surface area contributed by atoms with Crippen LogP contribution < -0.4 is 21.7 Å². The molecule has 5 unspecified atom stereocenters. The number of carbonyl (C=O) groups is 5. The van der Waals surface area contributed by atoms with Crippen LogP contribution in [0.5, 0.6) is 0 Å². The number of fused-ring (bicyclic) bond motifs is 1. The highest BCUT2D eigenvalue weighted by Crippen LogP contribution is 2.20. The van der Waals surface area contributed by atoms with E-state index in [4.69, 9.17) is 5.73 Å². The van der Waals surface area contributed by atoms with Gasteiger partial charge in [0.15, 0.2) is 0 Å². The van der Waals surface area contributed by atoms with Gasteiger partial charge in [0, 0.05) is 48.3 Å². The molecule has 14 heteroatoms. The minimum Gasteiger partial charge on any atom is -0.481 e.